The highest BCUT2D eigenvalue weighted by Crippen LogP contribution is 2.38. The molecule has 1 aliphatic rings. The van der Waals surface area contributed by atoms with Crippen molar-refractivity contribution in [2.24, 2.45) is 10.4 Å². The number of aliphatic imine (C=N–C) groups is 1. The van der Waals surface area contributed by atoms with E-state index in [2.05, 4.69) is 4.99 Å². The van der Waals surface area contributed by atoms with E-state index in [4.69, 9.17) is 5.11 Å². The Kier molecular flexibility index (Phi) is 3.70. The summed E-state index contributed by atoms with van der Waals surface area (Å²) in [6, 6.07) is -1.28. The first-order valence-corrected chi connectivity index (χ1v) is 5.61. The van der Waals surface area contributed by atoms with Crippen molar-refractivity contribution in [1.82, 2.24) is 0 Å². The molecule has 0 spiro atoms. The molecule has 94 valence electrons. The van der Waals surface area contributed by atoms with Crippen LogP contribution in [-0.2, 0) is 9.59 Å². The van der Waals surface area contributed by atoms with Gasteiger partial charge in [-0.05, 0) is 18.4 Å². The lowest BCUT2D eigenvalue weighted by Gasteiger charge is -2.33. The molecule has 0 saturated carbocycles. The van der Waals surface area contributed by atoms with Gasteiger partial charge in [0, 0.05) is 11.6 Å². The second-order valence-electron chi connectivity index (χ2n) is 4.34. The maximum atomic E-state index is 11.2. The van der Waals surface area contributed by atoms with Crippen molar-refractivity contribution in [2.45, 2.75) is 39.7 Å². The summed E-state index contributed by atoms with van der Waals surface area (Å²) in [6.07, 6.45) is 2.79. The third kappa shape index (κ3) is 2.23. The van der Waals surface area contributed by atoms with Crippen LogP contribution in [0.3, 0.4) is 0 Å². The lowest BCUT2D eigenvalue weighted by molar-refractivity contribution is -0.141. The highest BCUT2D eigenvalue weighted by atomic mass is 16.4. The molecule has 0 aliphatic carbocycles. The van der Waals surface area contributed by atoms with Gasteiger partial charge >= 0.3 is 11.9 Å². The van der Waals surface area contributed by atoms with Gasteiger partial charge in [-0.25, -0.2) is 9.59 Å². The van der Waals surface area contributed by atoms with Gasteiger partial charge in [0.1, 0.15) is 0 Å². The minimum absolute atomic E-state index is 0.0770. The van der Waals surface area contributed by atoms with Crippen LogP contribution >= 0.6 is 0 Å². The second-order valence-corrected chi connectivity index (χ2v) is 4.34. The predicted octanol–water partition coefficient (Wildman–Crippen LogP) is 1.73. The Balaban J connectivity index is 3.40. The van der Waals surface area contributed by atoms with Crippen LogP contribution < -0.4 is 0 Å². The van der Waals surface area contributed by atoms with Crippen LogP contribution in [0.15, 0.2) is 16.1 Å². The molecule has 1 aliphatic heterocycles. The molecule has 2 N–H and O–H groups in total. The van der Waals surface area contributed by atoms with Gasteiger partial charge in [-0.2, -0.15) is 0 Å². The van der Waals surface area contributed by atoms with Crippen molar-refractivity contribution in [1.29, 1.82) is 0 Å². The number of dihydropyridines is 1. The molecule has 0 fully saturated rings. The number of nitrogens with zero attached hydrogens (tertiary/aromatic N) is 1. The number of hydrogen-bond acceptors (Lipinski definition) is 3. The van der Waals surface area contributed by atoms with E-state index in [-0.39, 0.29) is 5.57 Å². The highest BCUT2D eigenvalue weighted by Gasteiger charge is 2.39. The van der Waals surface area contributed by atoms with Crippen LogP contribution in [0.4, 0.5) is 0 Å². The van der Waals surface area contributed by atoms with E-state index in [1.807, 2.05) is 20.8 Å². The van der Waals surface area contributed by atoms with Crippen molar-refractivity contribution in [3.8, 4) is 0 Å². The van der Waals surface area contributed by atoms with Gasteiger partial charge in [0.15, 0.2) is 6.04 Å². The summed E-state index contributed by atoms with van der Waals surface area (Å²) in [4.78, 5) is 26.2. The lowest BCUT2D eigenvalue weighted by Crippen LogP contribution is -2.36. The van der Waals surface area contributed by atoms with Crippen LogP contribution in [0.5, 0.6) is 0 Å². The standard InChI is InChI=1S/C12H17NO4/c1-4-7-8(10(14)15)9(11(16)17)13-6-12(7,3)5-2/h6,9H,4-5H2,1-3H3,(H,14,15)(H,16,17). The quantitative estimate of drug-likeness (QED) is 0.782. The van der Waals surface area contributed by atoms with E-state index >= 15 is 0 Å². The van der Waals surface area contributed by atoms with Crippen molar-refractivity contribution in [3.05, 3.63) is 11.1 Å². The maximum Gasteiger partial charge on any atom is 0.334 e. The fraction of sp³-hybridized carbons (Fsp3) is 0.583. The summed E-state index contributed by atoms with van der Waals surface area (Å²) < 4.78 is 0. The van der Waals surface area contributed by atoms with Gasteiger partial charge in [0.25, 0.3) is 0 Å². The number of allylic oxidation sites excluding steroid dienone is 1. The van der Waals surface area contributed by atoms with Crippen LogP contribution in [0.2, 0.25) is 0 Å². The van der Waals surface area contributed by atoms with Crippen LogP contribution in [0.1, 0.15) is 33.6 Å². The number of hydrogen-bond donors (Lipinski definition) is 2. The third-order valence-electron chi connectivity index (χ3n) is 3.35. The molecule has 17 heavy (non-hydrogen) atoms. The van der Waals surface area contributed by atoms with Gasteiger partial charge in [-0.15, -0.1) is 0 Å². The Morgan fingerprint density at radius 3 is 2.35 bits per heavy atom. The molecule has 0 aromatic carbocycles. The SMILES string of the molecule is CCC1=C(C(=O)O)C(C(=O)O)N=CC1(C)CC. The van der Waals surface area contributed by atoms with Crippen molar-refractivity contribution in [2.75, 3.05) is 0 Å². The zero-order chi connectivity index (χ0) is 13.2. The fourth-order valence-corrected chi connectivity index (χ4v) is 2.20. The van der Waals surface area contributed by atoms with Crippen LogP contribution in [0.25, 0.3) is 0 Å². The van der Waals surface area contributed by atoms with Gasteiger partial charge < -0.3 is 10.2 Å². The molecule has 5 heteroatoms. The summed E-state index contributed by atoms with van der Waals surface area (Å²) in [5.41, 5.74) is 0.135. The minimum atomic E-state index is -1.28. The average molecular weight is 239 g/mol. The molecule has 0 bridgehead atoms. The van der Waals surface area contributed by atoms with Gasteiger partial charge in [-0.1, -0.05) is 20.8 Å². The molecule has 1 rings (SSSR count). The largest absolute Gasteiger partial charge is 0.479 e. The zero-order valence-electron chi connectivity index (χ0n) is 10.2. The molecule has 1 heterocycles. The summed E-state index contributed by atoms with van der Waals surface area (Å²) in [7, 11) is 0. The number of carboxylic acids is 2. The fourth-order valence-electron chi connectivity index (χ4n) is 2.20. The molecule has 5 nitrogen and oxygen atoms in total. The molecule has 0 amide bonds. The van der Waals surface area contributed by atoms with Gasteiger partial charge in [0.2, 0.25) is 0 Å². The van der Waals surface area contributed by atoms with Gasteiger partial charge in [-0.3, -0.25) is 4.99 Å². The summed E-state index contributed by atoms with van der Waals surface area (Å²) >= 11 is 0. The van der Waals surface area contributed by atoms with Crippen molar-refractivity contribution < 1.29 is 19.8 Å². The first-order valence-electron chi connectivity index (χ1n) is 5.61. The molecule has 0 aromatic heterocycles. The second kappa shape index (κ2) is 4.69. The summed E-state index contributed by atoms with van der Waals surface area (Å²) in [5, 5.41) is 18.2. The molecule has 0 radical (unpaired) electrons. The Hall–Kier alpha value is -1.65. The number of aliphatic carboxylic acids is 2. The molecular weight excluding hydrogens is 222 g/mol. The molecule has 2 atom stereocenters. The normalized spacial score (nSPS) is 28.3. The Morgan fingerprint density at radius 1 is 1.41 bits per heavy atom. The Bertz CT molecular complexity index is 411. The molecule has 0 aromatic rings. The average Bonchev–Trinajstić information content (AvgIpc) is 2.27. The van der Waals surface area contributed by atoms with E-state index in [0.29, 0.717) is 18.4 Å². The summed E-state index contributed by atoms with van der Waals surface area (Å²) in [5.74, 6) is -2.41. The van der Waals surface area contributed by atoms with Crippen molar-refractivity contribution >= 4 is 18.2 Å². The highest BCUT2D eigenvalue weighted by molar-refractivity contribution is 6.00. The van der Waals surface area contributed by atoms with E-state index in [1.165, 1.54) is 0 Å². The minimum Gasteiger partial charge on any atom is -0.479 e. The topological polar surface area (TPSA) is 87.0 Å². The smallest absolute Gasteiger partial charge is 0.334 e. The Morgan fingerprint density at radius 2 is 2.00 bits per heavy atom. The molecule has 2 unspecified atom stereocenters. The lowest BCUT2D eigenvalue weighted by atomic mass is 9.74. The number of rotatable bonds is 4. The van der Waals surface area contributed by atoms with E-state index in [9.17, 15) is 14.7 Å². The maximum absolute atomic E-state index is 11.2. The predicted molar refractivity (Wildman–Crippen MR) is 63.3 cm³/mol. The first-order chi connectivity index (χ1) is 7.87. The van der Waals surface area contributed by atoms with E-state index in [0.717, 1.165) is 0 Å². The summed E-state index contributed by atoms with van der Waals surface area (Å²) in [6.45, 7) is 5.66. The third-order valence-corrected chi connectivity index (χ3v) is 3.35. The molecule has 0 saturated heterocycles. The van der Waals surface area contributed by atoms with Crippen molar-refractivity contribution in [3.63, 3.8) is 0 Å². The molecular formula is C12H17NO4. The zero-order valence-corrected chi connectivity index (χ0v) is 10.2. The van der Waals surface area contributed by atoms with Crippen LogP contribution in [0, 0.1) is 5.41 Å². The van der Waals surface area contributed by atoms with Gasteiger partial charge in [0.05, 0.1) is 5.57 Å². The van der Waals surface area contributed by atoms with E-state index < -0.39 is 23.4 Å². The van der Waals surface area contributed by atoms with Crippen LogP contribution in [-0.4, -0.2) is 34.4 Å². The Labute approximate surface area is 99.9 Å². The first kappa shape index (κ1) is 13.4. The van der Waals surface area contributed by atoms with E-state index in [1.54, 1.807) is 6.21 Å². The number of carbonyl (C=O) groups is 2. The monoisotopic (exact) mass is 239 g/mol. The number of carboxylic acid groups (broad SMARTS) is 2.